The zero-order valence-corrected chi connectivity index (χ0v) is 25.6. The Labute approximate surface area is 245 Å². The molecule has 222 valence electrons. The zero-order chi connectivity index (χ0) is 29.9. The number of thioether (sulfide) groups is 1. The van der Waals surface area contributed by atoms with E-state index in [1.54, 1.807) is 39.0 Å². The van der Waals surface area contributed by atoms with Gasteiger partial charge in [-0.1, -0.05) is 23.9 Å². The van der Waals surface area contributed by atoms with Crippen molar-refractivity contribution in [3.05, 3.63) is 46.1 Å². The third-order valence-electron chi connectivity index (χ3n) is 7.07. The molecule has 0 saturated carbocycles. The highest BCUT2D eigenvalue weighted by atomic mass is 32.2. The van der Waals surface area contributed by atoms with Gasteiger partial charge in [0.1, 0.15) is 5.60 Å². The van der Waals surface area contributed by atoms with Crippen LogP contribution in [0.3, 0.4) is 0 Å². The third kappa shape index (κ3) is 6.55. The average Bonchev–Trinajstić information content (AvgIpc) is 3.32. The molecule has 41 heavy (non-hydrogen) atoms. The Hall–Kier alpha value is -3.47. The number of piperidine rings is 1. The second-order valence-electron chi connectivity index (χ2n) is 11.1. The number of benzene rings is 1. The summed E-state index contributed by atoms with van der Waals surface area (Å²) in [6, 6.07) is 4.83. The molecule has 0 N–H and O–H groups in total. The Kier molecular flexibility index (Phi) is 9.36. The van der Waals surface area contributed by atoms with Crippen LogP contribution in [0.4, 0.5) is 0 Å². The maximum absolute atomic E-state index is 13.7. The fraction of sp³-hybridized carbons (Fsp3) is 0.533. The van der Waals surface area contributed by atoms with Crippen LogP contribution in [0, 0.1) is 5.92 Å². The van der Waals surface area contributed by atoms with Crippen molar-refractivity contribution in [1.29, 1.82) is 0 Å². The quantitative estimate of drug-likeness (QED) is 0.397. The van der Waals surface area contributed by atoms with Crippen molar-refractivity contribution in [2.75, 3.05) is 33.9 Å². The van der Waals surface area contributed by atoms with Gasteiger partial charge in [-0.25, -0.2) is 9.79 Å². The van der Waals surface area contributed by atoms with Crippen molar-refractivity contribution in [2.24, 2.45) is 10.9 Å². The summed E-state index contributed by atoms with van der Waals surface area (Å²) in [6.07, 6.45) is 1.50. The van der Waals surface area contributed by atoms with Crippen molar-refractivity contribution in [1.82, 2.24) is 9.80 Å². The SMILES string of the molecule is CCOC(=O)[C@H]1CCCN(C(=O)CC2=CSC3=NC(C)=C(C(=O)OC(C)(C)C)[C@@H](c4cccc(OC)c4OC)N23)C1. The highest BCUT2D eigenvalue weighted by Crippen LogP contribution is 2.49. The number of para-hydroxylation sites is 1. The highest BCUT2D eigenvalue weighted by molar-refractivity contribution is 8.16. The largest absolute Gasteiger partial charge is 0.493 e. The fourth-order valence-electron chi connectivity index (χ4n) is 5.31. The predicted molar refractivity (Wildman–Crippen MR) is 156 cm³/mol. The number of likely N-dealkylation sites (tertiary alicyclic amines) is 1. The molecular formula is C30H39N3O7S. The third-order valence-corrected chi connectivity index (χ3v) is 7.96. The van der Waals surface area contributed by atoms with Crippen molar-refractivity contribution in [3.63, 3.8) is 0 Å². The molecule has 2 atom stereocenters. The summed E-state index contributed by atoms with van der Waals surface area (Å²) in [5.74, 6) is -0.200. The molecule has 1 aromatic carbocycles. The van der Waals surface area contributed by atoms with E-state index in [1.165, 1.54) is 11.8 Å². The molecule has 3 heterocycles. The molecule has 1 amide bonds. The first-order valence-corrected chi connectivity index (χ1v) is 14.7. The van der Waals surface area contributed by atoms with Gasteiger partial charge in [-0.05, 0) is 58.9 Å². The zero-order valence-electron chi connectivity index (χ0n) is 24.8. The number of hydrogen-bond donors (Lipinski definition) is 0. The first-order chi connectivity index (χ1) is 19.5. The summed E-state index contributed by atoms with van der Waals surface area (Å²) in [5.41, 5.74) is 1.54. The molecule has 1 aromatic rings. The number of amidine groups is 1. The number of nitrogens with zero attached hydrogens (tertiary/aromatic N) is 3. The van der Waals surface area contributed by atoms with Gasteiger partial charge in [-0.15, -0.1) is 0 Å². The van der Waals surface area contributed by atoms with Gasteiger partial charge in [0.05, 0.1) is 50.5 Å². The normalized spacial score (nSPS) is 20.7. The van der Waals surface area contributed by atoms with Gasteiger partial charge >= 0.3 is 11.9 Å². The van der Waals surface area contributed by atoms with E-state index in [0.29, 0.717) is 65.3 Å². The molecule has 0 aliphatic carbocycles. The fourth-order valence-corrected chi connectivity index (χ4v) is 6.27. The van der Waals surface area contributed by atoms with E-state index in [2.05, 4.69) is 0 Å². The number of carbonyl (C=O) groups is 3. The van der Waals surface area contributed by atoms with Crippen molar-refractivity contribution in [3.8, 4) is 11.5 Å². The molecule has 3 aliphatic rings. The van der Waals surface area contributed by atoms with Crippen LogP contribution in [0.15, 0.2) is 45.6 Å². The number of allylic oxidation sites excluding steroid dienone is 1. The van der Waals surface area contributed by atoms with Crippen LogP contribution >= 0.6 is 11.8 Å². The summed E-state index contributed by atoms with van der Waals surface area (Å²) in [4.78, 5) is 48.1. The number of fused-ring (bicyclic) bond motifs is 1. The molecule has 3 aliphatic heterocycles. The lowest BCUT2D eigenvalue weighted by Gasteiger charge is -2.38. The van der Waals surface area contributed by atoms with Crippen molar-refractivity contribution >= 4 is 34.8 Å². The maximum atomic E-state index is 13.7. The van der Waals surface area contributed by atoms with Crippen LogP contribution in [0.5, 0.6) is 11.5 Å². The van der Waals surface area contributed by atoms with Crippen molar-refractivity contribution < 1.29 is 33.3 Å². The average molecular weight is 586 g/mol. The van der Waals surface area contributed by atoms with Crippen LogP contribution in [0.2, 0.25) is 0 Å². The van der Waals surface area contributed by atoms with Crippen molar-refractivity contribution in [2.45, 2.75) is 65.5 Å². The molecule has 0 aromatic heterocycles. The summed E-state index contributed by atoms with van der Waals surface area (Å²) in [6.45, 7) is 10.2. The number of amides is 1. The van der Waals surface area contributed by atoms with Gasteiger partial charge in [0.2, 0.25) is 5.91 Å². The Morgan fingerprint density at radius 1 is 1.15 bits per heavy atom. The van der Waals surface area contributed by atoms with E-state index in [-0.39, 0.29) is 24.2 Å². The minimum absolute atomic E-state index is 0.0744. The van der Waals surface area contributed by atoms with Gasteiger partial charge in [-0.2, -0.15) is 0 Å². The number of esters is 2. The summed E-state index contributed by atoms with van der Waals surface area (Å²) in [7, 11) is 3.11. The van der Waals surface area contributed by atoms with E-state index in [0.717, 1.165) is 6.42 Å². The maximum Gasteiger partial charge on any atom is 0.338 e. The van der Waals surface area contributed by atoms with E-state index >= 15 is 0 Å². The van der Waals surface area contributed by atoms with Crippen LogP contribution in [-0.4, -0.2) is 72.3 Å². The molecule has 0 bridgehead atoms. The molecule has 0 radical (unpaired) electrons. The van der Waals surface area contributed by atoms with Crippen LogP contribution in [0.1, 0.15) is 65.5 Å². The lowest BCUT2D eigenvalue weighted by atomic mass is 9.92. The standard InChI is InChI=1S/C30H39N3O7S/c1-8-39-27(35)19-11-10-14-32(16-19)23(34)15-20-17-41-29-31-18(2)24(28(36)40-30(3,4)5)25(33(20)29)21-12-9-13-22(37-6)26(21)38-7/h9,12-13,17,19,25H,8,10-11,14-16H2,1-7H3/t19-,25+/m0/s1. The Morgan fingerprint density at radius 3 is 2.56 bits per heavy atom. The summed E-state index contributed by atoms with van der Waals surface area (Å²) in [5, 5.41) is 2.55. The van der Waals surface area contributed by atoms with Crippen LogP contribution < -0.4 is 9.47 Å². The second kappa shape index (κ2) is 12.6. The number of ether oxygens (including phenoxy) is 4. The molecule has 0 unspecified atom stereocenters. The molecular weight excluding hydrogens is 546 g/mol. The number of hydrogen-bond acceptors (Lipinski definition) is 10. The molecule has 0 spiro atoms. The minimum Gasteiger partial charge on any atom is -0.493 e. The Balaban J connectivity index is 1.70. The van der Waals surface area contributed by atoms with E-state index in [9.17, 15) is 14.4 Å². The number of methoxy groups -OCH3 is 2. The molecule has 1 saturated heterocycles. The van der Waals surface area contributed by atoms with E-state index in [1.807, 2.05) is 43.2 Å². The minimum atomic E-state index is -0.727. The first kappa shape index (κ1) is 30.5. The molecule has 10 nitrogen and oxygen atoms in total. The number of rotatable bonds is 8. The topological polar surface area (TPSA) is 107 Å². The Morgan fingerprint density at radius 2 is 1.90 bits per heavy atom. The van der Waals surface area contributed by atoms with Gasteiger partial charge in [-0.3, -0.25) is 9.59 Å². The van der Waals surface area contributed by atoms with E-state index in [4.69, 9.17) is 23.9 Å². The predicted octanol–water partition coefficient (Wildman–Crippen LogP) is 4.81. The summed E-state index contributed by atoms with van der Waals surface area (Å²) < 4.78 is 22.4. The lowest BCUT2D eigenvalue weighted by Crippen LogP contribution is -2.44. The van der Waals surface area contributed by atoms with Gasteiger partial charge < -0.3 is 28.7 Å². The second-order valence-corrected chi connectivity index (χ2v) is 11.9. The lowest BCUT2D eigenvalue weighted by molar-refractivity contribution is -0.152. The van der Waals surface area contributed by atoms with Gasteiger partial charge in [0, 0.05) is 24.4 Å². The smallest absolute Gasteiger partial charge is 0.338 e. The summed E-state index contributed by atoms with van der Waals surface area (Å²) >= 11 is 1.40. The van der Waals surface area contributed by atoms with Gasteiger partial charge in [0.15, 0.2) is 16.7 Å². The molecule has 1 fully saturated rings. The highest BCUT2D eigenvalue weighted by Gasteiger charge is 2.44. The van der Waals surface area contributed by atoms with E-state index < -0.39 is 17.6 Å². The number of aliphatic imine (C=N–C) groups is 1. The number of carbonyl (C=O) groups excluding carboxylic acids is 3. The van der Waals surface area contributed by atoms with Crippen LogP contribution in [0.25, 0.3) is 0 Å². The monoisotopic (exact) mass is 585 g/mol. The molecule has 4 rings (SSSR count). The van der Waals surface area contributed by atoms with Gasteiger partial charge in [0.25, 0.3) is 0 Å². The van der Waals surface area contributed by atoms with Crippen LogP contribution in [-0.2, 0) is 23.9 Å². The Bertz CT molecular complexity index is 1300. The molecule has 11 heteroatoms. The first-order valence-electron chi connectivity index (χ1n) is 13.8.